The Morgan fingerprint density at radius 2 is 1.66 bits per heavy atom. The Labute approximate surface area is 260 Å². The SMILES string of the molecule is CCCCc1ccc(NC(=O)N2CCC3(CC2)C(=O)N[C@@H](CCCCNC(=O)OCc2ccccc2)C(=O)N3CCC)cc1. The van der Waals surface area contributed by atoms with Crippen LogP contribution in [0.1, 0.15) is 76.3 Å². The highest BCUT2D eigenvalue weighted by molar-refractivity contribution is 6.00. The van der Waals surface area contributed by atoms with E-state index in [2.05, 4.69) is 22.9 Å². The number of urea groups is 1. The normalized spacial score (nSPS) is 17.7. The Bertz CT molecular complexity index is 1240. The van der Waals surface area contributed by atoms with Gasteiger partial charge in [0.15, 0.2) is 0 Å². The molecule has 0 bridgehead atoms. The lowest BCUT2D eigenvalue weighted by Gasteiger charge is -2.51. The summed E-state index contributed by atoms with van der Waals surface area (Å²) < 4.78 is 5.23. The smallest absolute Gasteiger partial charge is 0.407 e. The third-order valence-electron chi connectivity index (χ3n) is 8.56. The molecule has 2 aliphatic heterocycles. The molecule has 1 atom stereocenters. The Morgan fingerprint density at radius 1 is 0.932 bits per heavy atom. The second kappa shape index (κ2) is 16.1. The van der Waals surface area contributed by atoms with Crippen molar-refractivity contribution < 1.29 is 23.9 Å². The molecule has 5 amide bonds. The molecule has 2 saturated heterocycles. The van der Waals surface area contributed by atoms with Crippen molar-refractivity contribution in [3.8, 4) is 0 Å². The molecule has 44 heavy (non-hydrogen) atoms. The molecular formula is C34H47N5O5. The Morgan fingerprint density at radius 3 is 2.34 bits per heavy atom. The summed E-state index contributed by atoms with van der Waals surface area (Å²) in [5.41, 5.74) is 1.98. The second-order valence-electron chi connectivity index (χ2n) is 11.7. The number of hydrogen-bond acceptors (Lipinski definition) is 5. The number of anilines is 1. The number of piperidine rings is 1. The zero-order chi connectivity index (χ0) is 31.4. The third kappa shape index (κ3) is 8.51. The molecule has 4 rings (SSSR count). The highest BCUT2D eigenvalue weighted by Gasteiger charge is 2.53. The van der Waals surface area contributed by atoms with Crippen molar-refractivity contribution in [1.82, 2.24) is 20.4 Å². The van der Waals surface area contributed by atoms with Crippen LogP contribution in [0.25, 0.3) is 0 Å². The Kier molecular flexibility index (Phi) is 12.0. The average Bonchev–Trinajstić information content (AvgIpc) is 3.04. The summed E-state index contributed by atoms with van der Waals surface area (Å²) in [6.07, 6.45) is 6.17. The van der Waals surface area contributed by atoms with Crippen LogP contribution >= 0.6 is 0 Å². The standard InChI is InChI=1S/C34H47N5O5/c1-3-5-11-26-15-17-28(18-16-26)36-32(42)38-23-19-34(20-24-38)31(41)37-29(30(40)39(34)22-4-2)14-9-10-21-35-33(43)44-25-27-12-7-6-8-13-27/h6-8,12-13,15-18,29H,3-5,9-11,14,19-25H2,1-2H3,(H,35,43)(H,36,42)(H,37,41)/t29-/m0/s1. The van der Waals surface area contributed by atoms with Gasteiger partial charge in [0.25, 0.3) is 0 Å². The lowest BCUT2D eigenvalue weighted by molar-refractivity contribution is -0.160. The summed E-state index contributed by atoms with van der Waals surface area (Å²) in [5, 5.41) is 8.72. The number of alkyl carbamates (subject to hydrolysis) is 1. The van der Waals surface area contributed by atoms with Gasteiger partial charge in [-0.25, -0.2) is 9.59 Å². The number of unbranched alkanes of at least 4 members (excludes halogenated alkanes) is 2. The quantitative estimate of drug-likeness (QED) is 0.270. The van der Waals surface area contributed by atoms with E-state index < -0.39 is 17.7 Å². The number of carbonyl (C=O) groups excluding carboxylic acids is 4. The van der Waals surface area contributed by atoms with Gasteiger partial charge >= 0.3 is 12.1 Å². The van der Waals surface area contributed by atoms with Crippen molar-refractivity contribution in [2.45, 2.75) is 89.8 Å². The van der Waals surface area contributed by atoms with Crippen molar-refractivity contribution >= 4 is 29.6 Å². The topological polar surface area (TPSA) is 120 Å². The number of likely N-dealkylation sites (tertiary alicyclic amines) is 1. The summed E-state index contributed by atoms with van der Waals surface area (Å²) >= 11 is 0. The first-order valence-electron chi connectivity index (χ1n) is 16.1. The van der Waals surface area contributed by atoms with Gasteiger partial charge in [-0.2, -0.15) is 0 Å². The van der Waals surface area contributed by atoms with Gasteiger partial charge in [0.1, 0.15) is 18.2 Å². The largest absolute Gasteiger partial charge is 0.445 e. The molecule has 0 saturated carbocycles. The fourth-order valence-electron chi connectivity index (χ4n) is 5.97. The molecule has 0 radical (unpaired) electrons. The van der Waals surface area contributed by atoms with Crippen molar-refractivity contribution in [2.75, 3.05) is 31.5 Å². The van der Waals surface area contributed by atoms with E-state index in [1.165, 1.54) is 5.56 Å². The number of nitrogens with one attached hydrogen (secondary N) is 3. The van der Waals surface area contributed by atoms with E-state index in [0.29, 0.717) is 58.3 Å². The van der Waals surface area contributed by atoms with Crippen LogP contribution in [0.2, 0.25) is 0 Å². The van der Waals surface area contributed by atoms with Gasteiger partial charge in [-0.1, -0.05) is 62.7 Å². The van der Waals surface area contributed by atoms with E-state index in [-0.39, 0.29) is 24.5 Å². The van der Waals surface area contributed by atoms with Crippen molar-refractivity contribution in [3.05, 3.63) is 65.7 Å². The molecule has 2 heterocycles. The summed E-state index contributed by atoms with van der Waals surface area (Å²) in [5.74, 6) is -0.205. The molecule has 0 aliphatic carbocycles. The van der Waals surface area contributed by atoms with Gasteiger partial charge in [0.05, 0.1) is 0 Å². The van der Waals surface area contributed by atoms with Gasteiger partial charge < -0.3 is 30.5 Å². The average molecular weight is 606 g/mol. The molecule has 10 nitrogen and oxygen atoms in total. The van der Waals surface area contributed by atoms with Crippen LogP contribution < -0.4 is 16.0 Å². The van der Waals surface area contributed by atoms with Crippen molar-refractivity contribution in [2.24, 2.45) is 0 Å². The zero-order valence-electron chi connectivity index (χ0n) is 26.1. The lowest BCUT2D eigenvalue weighted by atomic mass is 9.81. The lowest BCUT2D eigenvalue weighted by Crippen LogP contribution is -2.73. The van der Waals surface area contributed by atoms with Crippen LogP contribution in [0.4, 0.5) is 15.3 Å². The molecule has 2 fully saturated rings. The molecule has 2 aliphatic rings. The maximum absolute atomic E-state index is 13.6. The molecule has 2 aromatic carbocycles. The zero-order valence-corrected chi connectivity index (χ0v) is 26.1. The van der Waals surface area contributed by atoms with Gasteiger partial charge in [0.2, 0.25) is 11.8 Å². The van der Waals surface area contributed by atoms with Crippen LogP contribution in [0.15, 0.2) is 54.6 Å². The minimum Gasteiger partial charge on any atom is -0.445 e. The fraction of sp³-hybridized carbons (Fsp3) is 0.529. The van der Waals surface area contributed by atoms with E-state index in [4.69, 9.17) is 4.74 Å². The van der Waals surface area contributed by atoms with E-state index in [1.54, 1.807) is 9.80 Å². The predicted octanol–water partition coefficient (Wildman–Crippen LogP) is 5.23. The van der Waals surface area contributed by atoms with Gasteiger partial charge in [-0.15, -0.1) is 0 Å². The number of rotatable bonds is 13. The van der Waals surface area contributed by atoms with Crippen LogP contribution in [0, 0.1) is 0 Å². The third-order valence-corrected chi connectivity index (χ3v) is 8.56. The fourth-order valence-corrected chi connectivity index (χ4v) is 5.97. The predicted molar refractivity (Wildman–Crippen MR) is 170 cm³/mol. The van der Waals surface area contributed by atoms with Gasteiger partial charge in [0, 0.05) is 31.9 Å². The van der Waals surface area contributed by atoms with E-state index >= 15 is 0 Å². The van der Waals surface area contributed by atoms with Gasteiger partial charge in [-0.3, -0.25) is 9.59 Å². The number of ether oxygens (including phenoxy) is 1. The number of nitrogens with zero attached hydrogens (tertiary/aromatic N) is 2. The Balaban J connectivity index is 1.23. The first-order chi connectivity index (χ1) is 21.4. The van der Waals surface area contributed by atoms with Crippen molar-refractivity contribution in [1.29, 1.82) is 0 Å². The molecule has 3 N–H and O–H groups in total. The minimum absolute atomic E-state index is 0.0669. The first kappa shape index (κ1) is 32.8. The number of carbonyl (C=O) groups is 4. The molecule has 10 heteroatoms. The highest BCUT2D eigenvalue weighted by Crippen LogP contribution is 2.34. The molecule has 1 spiro atoms. The van der Waals surface area contributed by atoms with Crippen LogP contribution in [-0.2, 0) is 27.4 Å². The monoisotopic (exact) mass is 605 g/mol. The van der Waals surface area contributed by atoms with E-state index in [9.17, 15) is 19.2 Å². The number of benzene rings is 2. The first-order valence-corrected chi connectivity index (χ1v) is 16.1. The molecular weight excluding hydrogens is 558 g/mol. The summed E-state index contributed by atoms with van der Waals surface area (Å²) in [7, 11) is 0. The maximum atomic E-state index is 13.6. The number of aryl methyl sites for hydroxylation is 1. The maximum Gasteiger partial charge on any atom is 0.407 e. The van der Waals surface area contributed by atoms with Crippen LogP contribution in [0.3, 0.4) is 0 Å². The van der Waals surface area contributed by atoms with Crippen LogP contribution in [-0.4, -0.2) is 71.5 Å². The highest BCUT2D eigenvalue weighted by atomic mass is 16.5. The van der Waals surface area contributed by atoms with Crippen molar-refractivity contribution in [3.63, 3.8) is 0 Å². The minimum atomic E-state index is -0.939. The summed E-state index contributed by atoms with van der Waals surface area (Å²) in [6.45, 7) is 6.07. The summed E-state index contributed by atoms with van der Waals surface area (Å²) in [4.78, 5) is 55.6. The number of amides is 5. The molecule has 238 valence electrons. The summed E-state index contributed by atoms with van der Waals surface area (Å²) in [6, 6.07) is 16.6. The van der Waals surface area contributed by atoms with E-state index in [1.807, 2.05) is 61.5 Å². The Hall–Kier alpha value is -4.08. The van der Waals surface area contributed by atoms with Gasteiger partial charge in [-0.05, 0) is 74.6 Å². The molecule has 0 aromatic heterocycles. The van der Waals surface area contributed by atoms with E-state index in [0.717, 1.165) is 36.9 Å². The number of hydrogen-bond donors (Lipinski definition) is 3. The second-order valence-corrected chi connectivity index (χ2v) is 11.7. The number of piperazine rings is 1. The molecule has 0 unspecified atom stereocenters. The van der Waals surface area contributed by atoms with Crippen LogP contribution in [0.5, 0.6) is 0 Å². The molecule has 2 aromatic rings.